The maximum atomic E-state index is 4.69. The van der Waals surface area contributed by atoms with Crippen LogP contribution in [-0.2, 0) is 6.54 Å². The van der Waals surface area contributed by atoms with E-state index in [1.807, 2.05) is 12.1 Å². The van der Waals surface area contributed by atoms with Gasteiger partial charge in [0.15, 0.2) is 12.7 Å². The Kier molecular flexibility index (Phi) is 4.06. The number of fused-ring (bicyclic) bond motifs is 1. The van der Waals surface area contributed by atoms with Gasteiger partial charge in [-0.3, -0.25) is 0 Å². The number of thiol groups is 1. The molecule has 0 radical (unpaired) electrons. The molecule has 0 aliphatic heterocycles. The highest BCUT2D eigenvalue weighted by Crippen LogP contribution is 2.29. The number of hydrogen-bond acceptors (Lipinski definition) is 1. The van der Waals surface area contributed by atoms with E-state index in [1.54, 1.807) is 0 Å². The summed E-state index contributed by atoms with van der Waals surface area (Å²) < 4.78 is 2.31. The van der Waals surface area contributed by atoms with Gasteiger partial charge in [0.2, 0.25) is 5.69 Å². The molecule has 3 aromatic carbocycles. The number of rotatable bonds is 3. The van der Waals surface area contributed by atoms with Crippen molar-refractivity contribution in [2.24, 2.45) is 0 Å². The molecule has 1 heterocycles. The van der Waals surface area contributed by atoms with Crippen molar-refractivity contribution in [3.05, 3.63) is 96.7 Å². The van der Waals surface area contributed by atoms with Crippen LogP contribution in [0.2, 0.25) is 0 Å². The second kappa shape index (κ2) is 6.50. The highest BCUT2D eigenvalue weighted by molar-refractivity contribution is 7.80. The lowest BCUT2D eigenvalue weighted by atomic mass is 10.0. The minimum atomic E-state index is 0.836. The molecule has 0 amide bonds. The van der Waals surface area contributed by atoms with Crippen molar-refractivity contribution in [2.45, 2.75) is 11.4 Å². The number of benzene rings is 3. The molecule has 0 saturated carbocycles. The summed E-state index contributed by atoms with van der Waals surface area (Å²) in [5, 5.41) is 2.49. The third-order valence-electron chi connectivity index (χ3n) is 4.29. The van der Waals surface area contributed by atoms with Crippen molar-refractivity contribution in [2.75, 3.05) is 0 Å². The van der Waals surface area contributed by atoms with E-state index >= 15 is 0 Å². The van der Waals surface area contributed by atoms with E-state index in [0.29, 0.717) is 0 Å². The molecule has 0 bridgehead atoms. The van der Waals surface area contributed by atoms with Gasteiger partial charge in [-0.25, -0.2) is 0 Å². The van der Waals surface area contributed by atoms with Crippen molar-refractivity contribution in [1.82, 2.24) is 0 Å². The smallest absolute Gasteiger partial charge is 0.193 e. The van der Waals surface area contributed by atoms with Gasteiger partial charge in [0.25, 0.3) is 0 Å². The molecule has 116 valence electrons. The molecule has 0 atom stereocenters. The highest BCUT2D eigenvalue weighted by atomic mass is 32.1. The van der Waals surface area contributed by atoms with E-state index < -0.39 is 0 Å². The average molecular weight is 328 g/mol. The molecule has 0 unspecified atom stereocenters. The Balaban J connectivity index is 1.97. The van der Waals surface area contributed by atoms with Gasteiger partial charge in [-0.2, -0.15) is 4.57 Å². The largest absolute Gasteiger partial charge is 0.221 e. The fourth-order valence-corrected chi connectivity index (χ4v) is 3.41. The van der Waals surface area contributed by atoms with Crippen LogP contribution in [0.1, 0.15) is 5.56 Å². The van der Waals surface area contributed by atoms with Crippen LogP contribution in [0.5, 0.6) is 0 Å². The molecule has 4 aromatic rings. The third kappa shape index (κ3) is 2.81. The summed E-state index contributed by atoms with van der Waals surface area (Å²) in [7, 11) is 0. The quantitative estimate of drug-likeness (QED) is 0.392. The lowest BCUT2D eigenvalue weighted by Crippen LogP contribution is -2.36. The predicted octanol–water partition coefficient (Wildman–Crippen LogP) is 5.13. The molecule has 1 nitrogen and oxygen atoms in total. The molecular weight excluding hydrogens is 310 g/mol. The fourth-order valence-electron chi connectivity index (χ4n) is 3.14. The first-order valence-corrected chi connectivity index (χ1v) is 8.51. The predicted molar refractivity (Wildman–Crippen MR) is 102 cm³/mol. The Labute approximate surface area is 147 Å². The van der Waals surface area contributed by atoms with Crippen LogP contribution in [0.15, 0.2) is 96.0 Å². The topological polar surface area (TPSA) is 3.88 Å². The van der Waals surface area contributed by atoms with Gasteiger partial charge >= 0.3 is 0 Å². The fraction of sp³-hybridized carbons (Fsp3) is 0.0455. The van der Waals surface area contributed by atoms with Gasteiger partial charge in [0.05, 0.1) is 10.9 Å². The molecular formula is C22H18NS+. The summed E-state index contributed by atoms with van der Waals surface area (Å²) in [6, 6.07) is 29.6. The van der Waals surface area contributed by atoms with E-state index in [1.165, 1.54) is 22.0 Å². The Morgan fingerprint density at radius 2 is 1.42 bits per heavy atom. The summed E-state index contributed by atoms with van der Waals surface area (Å²) in [4.78, 5) is 0.996. The zero-order valence-electron chi connectivity index (χ0n) is 13.3. The molecule has 1 aromatic heterocycles. The molecule has 0 spiro atoms. The first kappa shape index (κ1) is 15.0. The van der Waals surface area contributed by atoms with Crippen LogP contribution in [0, 0.1) is 0 Å². The number of nitrogens with zero attached hydrogens (tertiary/aromatic N) is 1. The summed E-state index contributed by atoms with van der Waals surface area (Å²) in [5.41, 5.74) is 3.66. The van der Waals surface area contributed by atoms with Crippen LogP contribution in [0.4, 0.5) is 0 Å². The summed E-state index contributed by atoms with van der Waals surface area (Å²) in [6.45, 7) is 0.836. The zero-order chi connectivity index (χ0) is 16.4. The average Bonchev–Trinajstić information content (AvgIpc) is 2.63. The van der Waals surface area contributed by atoms with Crippen molar-refractivity contribution in [3.63, 3.8) is 0 Å². The maximum absolute atomic E-state index is 4.69. The Morgan fingerprint density at radius 3 is 2.25 bits per heavy atom. The summed E-state index contributed by atoms with van der Waals surface area (Å²) in [5.74, 6) is 0. The van der Waals surface area contributed by atoms with Crippen molar-refractivity contribution in [1.29, 1.82) is 0 Å². The standard InChI is InChI=1S/C22H17NS/c24-21-13-7-6-12-20(21)22-19-11-5-4-10-18(19)14-15-23(22)16-17-8-2-1-3-9-17/h1-15H,16H2/p+1. The monoisotopic (exact) mass is 328 g/mol. The molecule has 0 aliphatic rings. The lowest BCUT2D eigenvalue weighted by Gasteiger charge is -2.10. The molecule has 24 heavy (non-hydrogen) atoms. The molecule has 2 heteroatoms. The Bertz CT molecular complexity index is 993. The second-order valence-corrected chi connectivity index (χ2v) is 6.36. The SMILES string of the molecule is Sc1ccccc1-c1c2ccccc2cc[n+]1Cc1ccccc1. The van der Waals surface area contributed by atoms with Gasteiger partial charge in [-0.05, 0) is 23.6 Å². The van der Waals surface area contributed by atoms with Crippen LogP contribution in [-0.4, -0.2) is 0 Å². The van der Waals surface area contributed by atoms with Gasteiger partial charge in [0, 0.05) is 16.5 Å². The Hall–Kier alpha value is -2.58. The number of hydrogen-bond donors (Lipinski definition) is 1. The maximum Gasteiger partial charge on any atom is 0.221 e. The lowest BCUT2D eigenvalue weighted by molar-refractivity contribution is -0.676. The summed E-state index contributed by atoms with van der Waals surface area (Å²) in [6.07, 6.45) is 2.17. The van der Waals surface area contributed by atoms with E-state index in [4.69, 9.17) is 12.6 Å². The van der Waals surface area contributed by atoms with Gasteiger partial charge in [-0.15, -0.1) is 12.6 Å². The van der Waals surface area contributed by atoms with E-state index in [9.17, 15) is 0 Å². The van der Waals surface area contributed by atoms with Crippen LogP contribution in [0.3, 0.4) is 0 Å². The number of pyridine rings is 1. The van der Waals surface area contributed by atoms with Crippen molar-refractivity contribution in [3.8, 4) is 11.3 Å². The van der Waals surface area contributed by atoms with E-state index in [0.717, 1.165) is 17.0 Å². The minimum Gasteiger partial charge on any atom is -0.193 e. The first-order chi connectivity index (χ1) is 11.8. The molecule has 4 rings (SSSR count). The highest BCUT2D eigenvalue weighted by Gasteiger charge is 2.19. The van der Waals surface area contributed by atoms with Crippen LogP contribution < -0.4 is 4.57 Å². The van der Waals surface area contributed by atoms with Crippen molar-refractivity contribution >= 4 is 23.4 Å². The van der Waals surface area contributed by atoms with E-state index in [2.05, 4.69) is 83.6 Å². The normalized spacial score (nSPS) is 10.9. The minimum absolute atomic E-state index is 0.836. The van der Waals surface area contributed by atoms with Gasteiger partial charge in [0.1, 0.15) is 0 Å². The van der Waals surface area contributed by atoms with Gasteiger partial charge < -0.3 is 0 Å². The molecule has 0 N–H and O–H groups in total. The second-order valence-electron chi connectivity index (χ2n) is 5.88. The van der Waals surface area contributed by atoms with Crippen molar-refractivity contribution < 1.29 is 4.57 Å². The third-order valence-corrected chi connectivity index (χ3v) is 4.68. The first-order valence-electron chi connectivity index (χ1n) is 8.06. The van der Waals surface area contributed by atoms with Crippen LogP contribution >= 0.6 is 12.6 Å². The Morgan fingerprint density at radius 1 is 0.708 bits per heavy atom. The van der Waals surface area contributed by atoms with E-state index in [-0.39, 0.29) is 0 Å². The van der Waals surface area contributed by atoms with Gasteiger partial charge in [-0.1, -0.05) is 60.7 Å². The zero-order valence-corrected chi connectivity index (χ0v) is 14.2. The molecule has 0 aliphatic carbocycles. The molecule has 0 saturated heterocycles. The van der Waals surface area contributed by atoms with Crippen LogP contribution in [0.25, 0.3) is 22.0 Å². The number of aromatic nitrogens is 1. The molecule has 0 fully saturated rings. The summed E-state index contributed by atoms with van der Waals surface area (Å²) >= 11 is 4.69.